The highest BCUT2D eigenvalue weighted by Gasteiger charge is 2.16. The number of rotatable bonds is 6. The Labute approximate surface area is 97.0 Å². The Morgan fingerprint density at radius 2 is 1.27 bits per heavy atom. The summed E-state index contributed by atoms with van der Waals surface area (Å²) in [4.78, 5) is 0. The lowest BCUT2D eigenvalue weighted by atomic mass is 9.92. The normalized spacial score (nSPS) is 13.2. The van der Waals surface area contributed by atoms with Crippen LogP contribution in [0.25, 0.3) is 0 Å². The molecule has 0 radical (unpaired) electrons. The molecule has 0 atom stereocenters. The van der Waals surface area contributed by atoms with Gasteiger partial charge in [0.15, 0.2) is 0 Å². The molecule has 1 heteroatoms. The van der Waals surface area contributed by atoms with Gasteiger partial charge in [0.25, 0.3) is 0 Å². The van der Waals surface area contributed by atoms with Gasteiger partial charge in [0.2, 0.25) is 0 Å². The van der Waals surface area contributed by atoms with Crippen molar-refractivity contribution in [3.8, 4) is 0 Å². The second-order valence-electron chi connectivity index (χ2n) is 6.90. The molecule has 0 fully saturated rings. The molecule has 0 aromatic heterocycles. The van der Waals surface area contributed by atoms with Gasteiger partial charge in [0, 0.05) is 12.6 Å². The van der Waals surface area contributed by atoms with Gasteiger partial charge in [0.1, 0.15) is 0 Å². The fourth-order valence-electron chi connectivity index (χ4n) is 1.85. The molecule has 0 aromatic carbocycles. The zero-order chi connectivity index (χ0) is 12.1. The molecule has 0 saturated heterocycles. The SMILES string of the molecule is CC(C)CC(CC(C)C)NCC(C)(C)C. The van der Waals surface area contributed by atoms with Gasteiger partial charge in [-0.3, -0.25) is 0 Å². The fraction of sp³-hybridized carbons (Fsp3) is 1.00. The standard InChI is InChI=1S/C14H31N/c1-11(2)8-13(9-12(3)4)15-10-14(5,6)7/h11-13,15H,8-10H2,1-7H3. The third kappa shape index (κ3) is 10.2. The lowest BCUT2D eigenvalue weighted by Crippen LogP contribution is -2.37. The van der Waals surface area contributed by atoms with E-state index in [4.69, 9.17) is 0 Å². The lowest BCUT2D eigenvalue weighted by Gasteiger charge is -2.27. The predicted octanol–water partition coefficient (Wildman–Crippen LogP) is 4.08. The summed E-state index contributed by atoms with van der Waals surface area (Å²) < 4.78 is 0. The van der Waals surface area contributed by atoms with Gasteiger partial charge in [-0.25, -0.2) is 0 Å². The highest BCUT2D eigenvalue weighted by atomic mass is 14.9. The summed E-state index contributed by atoms with van der Waals surface area (Å²) >= 11 is 0. The van der Waals surface area contributed by atoms with Crippen molar-refractivity contribution in [2.75, 3.05) is 6.54 Å². The van der Waals surface area contributed by atoms with E-state index in [1.165, 1.54) is 12.8 Å². The summed E-state index contributed by atoms with van der Waals surface area (Å²) in [5.74, 6) is 1.59. The largest absolute Gasteiger partial charge is 0.313 e. The van der Waals surface area contributed by atoms with Gasteiger partial charge < -0.3 is 5.32 Å². The van der Waals surface area contributed by atoms with Crippen LogP contribution in [0.2, 0.25) is 0 Å². The van der Waals surface area contributed by atoms with E-state index in [0.29, 0.717) is 11.5 Å². The number of hydrogen-bond donors (Lipinski definition) is 1. The Morgan fingerprint density at radius 1 is 0.867 bits per heavy atom. The Morgan fingerprint density at radius 3 is 1.53 bits per heavy atom. The quantitative estimate of drug-likeness (QED) is 0.701. The monoisotopic (exact) mass is 213 g/mol. The molecule has 0 rings (SSSR count). The zero-order valence-corrected chi connectivity index (χ0v) is 11.9. The van der Waals surface area contributed by atoms with Crippen molar-refractivity contribution < 1.29 is 0 Å². The molecule has 0 amide bonds. The molecule has 0 aliphatic rings. The van der Waals surface area contributed by atoms with E-state index in [0.717, 1.165) is 18.4 Å². The molecule has 0 aliphatic heterocycles. The molecule has 0 aromatic rings. The van der Waals surface area contributed by atoms with E-state index in [1.54, 1.807) is 0 Å². The van der Waals surface area contributed by atoms with Crippen LogP contribution in [0.15, 0.2) is 0 Å². The van der Waals surface area contributed by atoms with Gasteiger partial charge in [-0.15, -0.1) is 0 Å². The summed E-state index contributed by atoms with van der Waals surface area (Å²) in [5, 5.41) is 3.72. The zero-order valence-electron chi connectivity index (χ0n) is 11.9. The predicted molar refractivity (Wildman–Crippen MR) is 70.2 cm³/mol. The minimum Gasteiger partial charge on any atom is -0.313 e. The van der Waals surface area contributed by atoms with E-state index in [-0.39, 0.29) is 0 Å². The van der Waals surface area contributed by atoms with Crippen LogP contribution in [-0.4, -0.2) is 12.6 Å². The molecule has 0 bridgehead atoms. The third-order valence-electron chi connectivity index (χ3n) is 2.43. The molecule has 1 nitrogen and oxygen atoms in total. The first-order valence-corrected chi connectivity index (χ1v) is 6.44. The molecule has 0 unspecified atom stereocenters. The average molecular weight is 213 g/mol. The van der Waals surface area contributed by atoms with Crippen molar-refractivity contribution in [1.29, 1.82) is 0 Å². The summed E-state index contributed by atoms with van der Waals surface area (Å²) in [6.45, 7) is 17.2. The molecule has 15 heavy (non-hydrogen) atoms. The van der Waals surface area contributed by atoms with Crippen molar-refractivity contribution in [3.05, 3.63) is 0 Å². The Bertz CT molecular complexity index is 143. The van der Waals surface area contributed by atoms with Crippen LogP contribution in [0.4, 0.5) is 0 Å². The van der Waals surface area contributed by atoms with Gasteiger partial charge in [-0.2, -0.15) is 0 Å². The first-order chi connectivity index (χ1) is 6.70. The first kappa shape index (κ1) is 15.0. The summed E-state index contributed by atoms with van der Waals surface area (Å²) in [7, 11) is 0. The van der Waals surface area contributed by atoms with Gasteiger partial charge >= 0.3 is 0 Å². The van der Waals surface area contributed by atoms with E-state index in [1.807, 2.05) is 0 Å². The molecule has 0 spiro atoms. The molecular weight excluding hydrogens is 182 g/mol. The second kappa shape index (κ2) is 6.52. The van der Waals surface area contributed by atoms with E-state index in [9.17, 15) is 0 Å². The molecule has 1 N–H and O–H groups in total. The Hall–Kier alpha value is -0.0400. The molecular formula is C14H31N. The lowest BCUT2D eigenvalue weighted by molar-refractivity contribution is 0.301. The van der Waals surface area contributed by atoms with Gasteiger partial charge in [-0.1, -0.05) is 48.5 Å². The van der Waals surface area contributed by atoms with Crippen LogP contribution >= 0.6 is 0 Å². The third-order valence-corrected chi connectivity index (χ3v) is 2.43. The fourth-order valence-corrected chi connectivity index (χ4v) is 1.85. The van der Waals surface area contributed by atoms with Gasteiger partial charge in [0.05, 0.1) is 0 Å². The molecule has 0 saturated carbocycles. The van der Waals surface area contributed by atoms with Crippen molar-refractivity contribution in [2.24, 2.45) is 17.3 Å². The van der Waals surface area contributed by atoms with Crippen LogP contribution in [0, 0.1) is 17.3 Å². The van der Waals surface area contributed by atoms with Crippen LogP contribution in [0.1, 0.15) is 61.3 Å². The maximum Gasteiger partial charge on any atom is 0.00721 e. The summed E-state index contributed by atoms with van der Waals surface area (Å²) in [6.07, 6.45) is 2.60. The van der Waals surface area contributed by atoms with E-state index < -0.39 is 0 Å². The first-order valence-electron chi connectivity index (χ1n) is 6.44. The topological polar surface area (TPSA) is 12.0 Å². The van der Waals surface area contributed by atoms with Crippen molar-refractivity contribution >= 4 is 0 Å². The van der Waals surface area contributed by atoms with Crippen molar-refractivity contribution in [1.82, 2.24) is 5.32 Å². The summed E-state index contributed by atoms with van der Waals surface area (Å²) in [5.41, 5.74) is 0.395. The summed E-state index contributed by atoms with van der Waals surface area (Å²) in [6, 6.07) is 0.698. The maximum absolute atomic E-state index is 3.72. The second-order valence-corrected chi connectivity index (χ2v) is 6.90. The van der Waals surface area contributed by atoms with Crippen LogP contribution in [0.5, 0.6) is 0 Å². The van der Waals surface area contributed by atoms with E-state index in [2.05, 4.69) is 53.8 Å². The van der Waals surface area contributed by atoms with Crippen molar-refractivity contribution in [3.63, 3.8) is 0 Å². The average Bonchev–Trinajstić information content (AvgIpc) is 1.96. The number of nitrogens with one attached hydrogen (secondary N) is 1. The molecule has 0 heterocycles. The minimum absolute atomic E-state index is 0.395. The smallest absolute Gasteiger partial charge is 0.00721 e. The number of hydrogen-bond acceptors (Lipinski definition) is 1. The van der Waals surface area contributed by atoms with Gasteiger partial charge in [-0.05, 0) is 30.1 Å². The van der Waals surface area contributed by atoms with E-state index >= 15 is 0 Å². The highest BCUT2D eigenvalue weighted by molar-refractivity contribution is 4.74. The molecule has 92 valence electrons. The molecule has 0 aliphatic carbocycles. The minimum atomic E-state index is 0.395. The van der Waals surface area contributed by atoms with Crippen LogP contribution < -0.4 is 5.32 Å². The Balaban J connectivity index is 4.01. The Kier molecular flexibility index (Phi) is 6.51. The van der Waals surface area contributed by atoms with Crippen molar-refractivity contribution in [2.45, 2.75) is 67.3 Å². The van der Waals surface area contributed by atoms with Crippen LogP contribution in [-0.2, 0) is 0 Å². The van der Waals surface area contributed by atoms with Crippen LogP contribution in [0.3, 0.4) is 0 Å². The maximum atomic E-state index is 3.72. The highest BCUT2D eigenvalue weighted by Crippen LogP contribution is 2.16.